The first-order valence-corrected chi connectivity index (χ1v) is 6.73. The Hall–Kier alpha value is -2.08. The molecule has 0 bridgehead atoms. The van der Waals surface area contributed by atoms with Gasteiger partial charge in [-0.25, -0.2) is 4.98 Å². The molecule has 0 spiro atoms. The lowest BCUT2D eigenvalue weighted by molar-refractivity contribution is 0.0664. The first-order valence-electron chi connectivity index (χ1n) is 5.75. The highest BCUT2D eigenvalue weighted by atomic mass is 32.2. The van der Waals surface area contributed by atoms with Crippen molar-refractivity contribution in [2.75, 3.05) is 12.3 Å². The summed E-state index contributed by atoms with van der Waals surface area (Å²) in [6.07, 6.45) is 3.05. The maximum atomic E-state index is 12.1. The zero-order chi connectivity index (χ0) is 13.2. The highest BCUT2D eigenvalue weighted by Gasteiger charge is 2.34. The van der Waals surface area contributed by atoms with Crippen molar-refractivity contribution in [3.63, 3.8) is 0 Å². The molecule has 1 aliphatic rings. The highest BCUT2D eigenvalue weighted by Crippen LogP contribution is 2.23. The van der Waals surface area contributed by atoms with Crippen molar-refractivity contribution in [2.24, 2.45) is 0 Å². The van der Waals surface area contributed by atoms with Crippen LogP contribution >= 0.6 is 11.8 Å². The Morgan fingerprint density at radius 1 is 1.16 bits per heavy atom. The molecule has 0 aliphatic carbocycles. The number of aromatic nitrogens is 1. The van der Waals surface area contributed by atoms with Crippen molar-refractivity contribution < 1.29 is 14.0 Å². The fourth-order valence-corrected chi connectivity index (χ4v) is 2.66. The number of amides is 2. The van der Waals surface area contributed by atoms with Crippen molar-refractivity contribution in [2.45, 2.75) is 5.22 Å². The van der Waals surface area contributed by atoms with Crippen LogP contribution in [-0.4, -0.2) is 34.0 Å². The monoisotopic (exact) mass is 274 g/mol. The van der Waals surface area contributed by atoms with E-state index >= 15 is 0 Å². The molecular weight excluding hydrogens is 264 g/mol. The van der Waals surface area contributed by atoms with E-state index in [-0.39, 0.29) is 11.8 Å². The Kier molecular flexibility index (Phi) is 3.08. The van der Waals surface area contributed by atoms with Gasteiger partial charge in [-0.2, -0.15) is 0 Å². The topological polar surface area (TPSA) is 63.4 Å². The summed E-state index contributed by atoms with van der Waals surface area (Å²) in [5.41, 5.74) is 0.960. The van der Waals surface area contributed by atoms with Gasteiger partial charge in [-0.1, -0.05) is 23.9 Å². The van der Waals surface area contributed by atoms with Gasteiger partial charge in [0.1, 0.15) is 6.26 Å². The van der Waals surface area contributed by atoms with Gasteiger partial charge in [0.2, 0.25) is 0 Å². The molecule has 0 fully saturated rings. The summed E-state index contributed by atoms with van der Waals surface area (Å²) in [7, 11) is 0. The molecule has 0 saturated heterocycles. The predicted octanol–water partition coefficient (Wildman–Crippen LogP) is 2.06. The van der Waals surface area contributed by atoms with Gasteiger partial charge in [0.05, 0.1) is 17.3 Å². The van der Waals surface area contributed by atoms with Gasteiger partial charge in [0, 0.05) is 12.3 Å². The number of benzene rings is 1. The van der Waals surface area contributed by atoms with Gasteiger partial charge in [0.15, 0.2) is 0 Å². The van der Waals surface area contributed by atoms with Crippen molar-refractivity contribution in [3.8, 4) is 0 Å². The van der Waals surface area contributed by atoms with Crippen LogP contribution in [0.5, 0.6) is 0 Å². The van der Waals surface area contributed by atoms with Crippen molar-refractivity contribution in [3.05, 3.63) is 47.9 Å². The van der Waals surface area contributed by atoms with Gasteiger partial charge in [0.25, 0.3) is 17.0 Å². The lowest BCUT2D eigenvalue weighted by Gasteiger charge is -2.12. The second-order valence-electron chi connectivity index (χ2n) is 3.95. The molecule has 2 heterocycles. The average Bonchev–Trinajstić information content (AvgIpc) is 3.02. The zero-order valence-electron chi connectivity index (χ0n) is 9.91. The van der Waals surface area contributed by atoms with E-state index in [0.717, 1.165) is 0 Å². The fourth-order valence-electron chi connectivity index (χ4n) is 1.95. The maximum Gasteiger partial charge on any atom is 0.261 e. The second-order valence-corrected chi connectivity index (χ2v) is 5.00. The number of nitrogens with zero attached hydrogens (tertiary/aromatic N) is 2. The number of hydrogen-bond donors (Lipinski definition) is 0. The minimum absolute atomic E-state index is 0.228. The minimum atomic E-state index is -0.228. The maximum absolute atomic E-state index is 12.1. The Labute approximate surface area is 113 Å². The fraction of sp³-hybridized carbons (Fsp3) is 0.154. The Balaban J connectivity index is 1.67. The summed E-state index contributed by atoms with van der Waals surface area (Å²) in [4.78, 5) is 29.3. The molecule has 1 aromatic heterocycles. The van der Waals surface area contributed by atoms with Crippen LogP contribution in [0.1, 0.15) is 20.7 Å². The molecule has 0 atom stereocenters. The summed E-state index contributed by atoms with van der Waals surface area (Å²) < 4.78 is 5.08. The molecule has 6 heteroatoms. The summed E-state index contributed by atoms with van der Waals surface area (Å²) in [6.45, 7) is 0.347. The van der Waals surface area contributed by atoms with Crippen LogP contribution in [0.2, 0.25) is 0 Å². The van der Waals surface area contributed by atoms with E-state index in [2.05, 4.69) is 4.98 Å². The van der Waals surface area contributed by atoms with E-state index in [0.29, 0.717) is 28.6 Å². The molecule has 19 heavy (non-hydrogen) atoms. The molecule has 0 radical (unpaired) electrons. The first kappa shape index (κ1) is 12.0. The number of fused-ring (bicyclic) bond motifs is 1. The van der Waals surface area contributed by atoms with Crippen molar-refractivity contribution in [1.29, 1.82) is 0 Å². The summed E-state index contributed by atoms with van der Waals surface area (Å²) in [5.74, 6) is 0.105. The average molecular weight is 274 g/mol. The second kappa shape index (κ2) is 4.89. The molecular formula is C13H10N2O3S. The van der Waals surface area contributed by atoms with Gasteiger partial charge < -0.3 is 4.42 Å². The third kappa shape index (κ3) is 2.15. The number of thioether (sulfide) groups is 1. The van der Waals surface area contributed by atoms with Crippen molar-refractivity contribution in [1.82, 2.24) is 9.88 Å². The number of imide groups is 1. The normalized spacial score (nSPS) is 14.0. The number of hydrogen-bond acceptors (Lipinski definition) is 5. The van der Waals surface area contributed by atoms with Crippen LogP contribution < -0.4 is 0 Å². The summed E-state index contributed by atoms with van der Waals surface area (Å²) in [5, 5.41) is 0.539. The number of carbonyl (C=O) groups excluding carboxylic acids is 2. The molecule has 2 aromatic rings. The lowest BCUT2D eigenvalue weighted by atomic mass is 10.1. The molecule has 3 rings (SSSR count). The third-order valence-corrected chi connectivity index (χ3v) is 3.66. The van der Waals surface area contributed by atoms with Gasteiger partial charge in [-0.15, -0.1) is 0 Å². The van der Waals surface area contributed by atoms with E-state index in [1.807, 2.05) is 0 Å². The van der Waals surface area contributed by atoms with Gasteiger partial charge >= 0.3 is 0 Å². The number of rotatable bonds is 4. The van der Waals surface area contributed by atoms with Crippen molar-refractivity contribution >= 4 is 23.6 Å². The van der Waals surface area contributed by atoms with Gasteiger partial charge in [-0.05, 0) is 12.1 Å². The predicted molar refractivity (Wildman–Crippen MR) is 69.0 cm³/mol. The third-order valence-electron chi connectivity index (χ3n) is 2.83. The quantitative estimate of drug-likeness (QED) is 0.631. The standard InChI is InChI=1S/C13H10N2O3S/c16-11-9-3-1-2-4-10(9)12(17)15(11)6-8-19-13-14-5-7-18-13/h1-5,7H,6,8H2. The Bertz CT molecular complexity index is 590. The minimum Gasteiger partial charge on any atom is -0.440 e. The lowest BCUT2D eigenvalue weighted by Crippen LogP contribution is -2.31. The molecule has 96 valence electrons. The molecule has 0 N–H and O–H groups in total. The molecule has 0 saturated carbocycles. The van der Waals surface area contributed by atoms with E-state index in [9.17, 15) is 9.59 Å². The van der Waals surface area contributed by atoms with Crippen LogP contribution in [-0.2, 0) is 0 Å². The Morgan fingerprint density at radius 2 is 1.84 bits per heavy atom. The summed E-state index contributed by atoms with van der Waals surface area (Å²) in [6, 6.07) is 6.87. The van der Waals surface area contributed by atoms with E-state index in [1.54, 1.807) is 30.5 Å². The SMILES string of the molecule is O=C1c2ccccc2C(=O)N1CCSc1ncco1. The Morgan fingerprint density at radius 3 is 2.42 bits per heavy atom. The van der Waals surface area contributed by atoms with E-state index in [4.69, 9.17) is 4.42 Å². The molecule has 0 unspecified atom stereocenters. The molecule has 5 nitrogen and oxygen atoms in total. The number of oxazole rings is 1. The van der Waals surface area contributed by atoms with Crippen LogP contribution in [0.25, 0.3) is 0 Å². The number of carbonyl (C=O) groups is 2. The largest absolute Gasteiger partial charge is 0.440 e. The zero-order valence-corrected chi connectivity index (χ0v) is 10.7. The van der Waals surface area contributed by atoms with Gasteiger partial charge in [-0.3, -0.25) is 14.5 Å². The smallest absolute Gasteiger partial charge is 0.261 e. The van der Waals surface area contributed by atoms with E-state index < -0.39 is 0 Å². The molecule has 1 aromatic carbocycles. The molecule has 2 amide bonds. The van der Waals surface area contributed by atoms with Crippen LogP contribution in [0.15, 0.2) is 46.4 Å². The molecule has 1 aliphatic heterocycles. The highest BCUT2D eigenvalue weighted by molar-refractivity contribution is 7.99. The first-order chi connectivity index (χ1) is 9.27. The van der Waals surface area contributed by atoms with Crippen LogP contribution in [0, 0.1) is 0 Å². The van der Waals surface area contributed by atoms with Crippen LogP contribution in [0.4, 0.5) is 0 Å². The van der Waals surface area contributed by atoms with E-state index in [1.165, 1.54) is 22.9 Å². The summed E-state index contributed by atoms with van der Waals surface area (Å²) >= 11 is 1.37. The van der Waals surface area contributed by atoms with Crippen LogP contribution in [0.3, 0.4) is 0 Å².